The average Bonchev–Trinajstić information content (AvgIpc) is 2.73. The Morgan fingerprint density at radius 3 is 2.94 bits per heavy atom. The Morgan fingerprint density at radius 1 is 1.53 bits per heavy atom. The van der Waals surface area contributed by atoms with Crippen molar-refractivity contribution in [2.24, 2.45) is 5.73 Å². The molecule has 0 saturated heterocycles. The van der Waals surface area contributed by atoms with E-state index in [9.17, 15) is 8.78 Å². The maximum absolute atomic E-state index is 11.7. The van der Waals surface area contributed by atoms with Gasteiger partial charge in [-0.2, -0.15) is 4.98 Å². The Balaban J connectivity index is 2.33. The van der Waals surface area contributed by atoms with Crippen molar-refractivity contribution < 1.29 is 18.0 Å². The van der Waals surface area contributed by atoms with E-state index in [0.29, 0.717) is 18.7 Å². The van der Waals surface area contributed by atoms with Gasteiger partial charge in [0.25, 0.3) is 6.43 Å². The maximum atomic E-state index is 11.7. The molecule has 0 aromatic carbocycles. The molecule has 0 bridgehead atoms. The third-order valence-corrected chi connectivity index (χ3v) is 1.85. The van der Waals surface area contributed by atoms with Gasteiger partial charge in [-0.1, -0.05) is 5.16 Å². The summed E-state index contributed by atoms with van der Waals surface area (Å²) in [6, 6.07) is -0.497. The lowest BCUT2D eigenvalue weighted by molar-refractivity contribution is 0.0182. The van der Waals surface area contributed by atoms with Gasteiger partial charge in [-0.25, -0.2) is 8.78 Å². The number of aromatic nitrogens is 2. The Labute approximate surface area is 97.3 Å². The van der Waals surface area contributed by atoms with Crippen LogP contribution >= 0.6 is 0 Å². The van der Waals surface area contributed by atoms with Gasteiger partial charge in [0, 0.05) is 12.8 Å². The molecule has 0 aliphatic carbocycles. The third-order valence-electron chi connectivity index (χ3n) is 1.85. The first-order valence-corrected chi connectivity index (χ1v) is 5.01. The van der Waals surface area contributed by atoms with E-state index in [4.69, 9.17) is 16.7 Å². The number of ether oxygens (including phenoxy) is 1. The molecule has 2 N–H and O–H groups in total. The summed E-state index contributed by atoms with van der Waals surface area (Å²) < 4.78 is 33.0. The SMILES string of the molecule is C#CCC(N)c1nc(CCOCC(F)F)no1. The fourth-order valence-corrected chi connectivity index (χ4v) is 1.07. The van der Waals surface area contributed by atoms with E-state index in [0.717, 1.165) is 0 Å². The first-order valence-electron chi connectivity index (χ1n) is 5.01. The van der Waals surface area contributed by atoms with Crippen LogP contribution in [0.1, 0.15) is 24.2 Å². The van der Waals surface area contributed by atoms with Gasteiger partial charge in [-0.15, -0.1) is 12.3 Å². The lowest BCUT2D eigenvalue weighted by atomic mass is 10.2. The van der Waals surface area contributed by atoms with Crippen LogP contribution in [0.3, 0.4) is 0 Å². The molecular weight excluding hydrogens is 232 g/mol. The van der Waals surface area contributed by atoms with Crippen LogP contribution in [0.4, 0.5) is 8.78 Å². The summed E-state index contributed by atoms with van der Waals surface area (Å²) >= 11 is 0. The summed E-state index contributed by atoms with van der Waals surface area (Å²) in [5, 5.41) is 3.63. The number of nitrogens with two attached hydrogens (primary N) is 1. The van der Waals surface area contributed by atoms with Crippen molar-refractivity contribution in [2.75, 3.05) is 13.2 Å². The first-order chi connectivity index (χ1) is 8.13. The van der Waals surface area contributed by atoms with E-state index in [1.54, 1.807) is 0 Å². The molecule has 0 spiro atoms. The van der Waals surface area contributed by atoms with Crippen LogP contribution in [0, 0.1) is 12.3 Å². The smallest absolute Gasteiger partial charge is 0.261 e. The van der Waals surface area contributed by atoms with Crippen molar-refractivity contribution in [1.82, 2.24) is 10.1 Å². The normalized spacial score (nSPS) is 12.6. The monoisotopic (exact) mass is 245 g/mol. The minimum atomic E-state index is -2.47. The lowest BCUT2D eigenvalue weighted by Crippen LogP contribution is -2.10. The Bertz CT molecular complexity index is 376. The van der Waals surface area contributed by atoms with Gasteiger partial charge in [0.15, 0.2) is 5.82 Å². The largest absolute Gasteiger partial charge is 0.375 e. The number of alkyl halides is 2. The highest BCUT2D eigenvalue weighted by molar-refractivity contribution is 4.98. The van der Waals surface area contributed by atoms with Gasteiger partial charge in [-0.3, -0.25) is 0 Å². The van der Waals surface area contributed by atoms with Crippen molar-refractivity contribution in [3.63, 3.8) is 0 Å². The number of terminal acetylenes is 1. The molecule has 1 aromatic rings. The fourth-order valence-electron chi connectivity index (χ4n) is 1.07. The second kappa shape index (κ2) is 6.93. The van der Waals surface area contributed by atoms with E-state index in [1.807, 2.05) is 0 Å². The molecule has 0 saturated carbocycles. The summed E-state index contributed by atoms with van der Waals surface area (Å²) in [5.41, 5.74) is 5.64. The highest BCUT2D eigenvalue weighted by atomic mass is 19.3. The highest BCUT2D eigenvalue weighted by Gasteiger charge is 2.13. The second-order valence-electron chi connectivity index (χ2n) is 3.28. The zero-order valence-electron chi connectivity index (χ0n) is 9.10. The maximum Gasteiger partial charge on any atom is 0.261 e. The first kappa shape index (κ1) is 13.5. The molecular formula is C10H13F2N3O2. The predicted octanol–water partition coefficient (Wildman–Crippen LogP) is 0.917. The van der Waals surface area contributed by atoms with Crippen LogP contribution in [0.2, 0.25) is 0 Å². The van der Waals surface area contributed by atoms with Gasteiger partial charge in [-0.05, 0) is 0 Å². The van der Waals surface area contributed by atoms with Crippen molar-refractivity contribution >= 4 is 0 Å². The molecule has 0 amide bonds. The molecule has 7 heteroatoms. The summed E-state index contributed by atoms with van der Waals surface area (Å²) in [7, 11) is 0. The predicted molar refractivity (Wildman–Crippen MR) is 55.2 cm³/mol. The highest BCUT2D eigenvalue weighted by Crippen LogP contribution is 2.10. The van der Waals surface area contributed by atoms with Crippen LogP contribution < -0.4 is 5.73 Å². The minimum absolute atomic E-state index is 0.105. The van der Waals surface area contributed by atoms with Gasteiger partial charge in [0.05, 0.1) is 12.6 Å². The number of hydrogen-bond donors (Lipinski definition) is 1. The quantitative estimate of drug-likeness (QED) is 0.571. The average molecular weight is 245 g/mol. The van der Waals surface area contributed by atoms with Crippen molar-refractivity contribution in [3.05, 3.63) is 11.7 Å². The number of halogens is 2. The molecule has 0 fully saturated rings. The summed E-state index contributed by atoms with van der Waals surface area (Å²) in [6.07, 6.45) is 3.20. The molecule has 1 aromatic heterocycles. The standard InChI is InChI=1S/C10H13F2N3O2/c1-2-3-7(13)10-14-9(15-17-10)4-5-16-6-8(11)12/h1,7-8H,3-6,13H2. The van der Waals surface area contributed by atoms with E-state index in [-0.39, 0.29) is 12.5 Å². The van der Waals surface area contributed by atoms with Crippen LogP contribution in [0.15, 0.2) is 4.52 Å². The molecule has 0 aliphatic heterocycles. The number of nitrogens with zero attached hydrogens (tertiary/aromatic N) is 2. The molecule has 0 radical (unpaired) electrons. The molecule has 0 aliphatic rings. The van der Waals surface area contributed by atoms with Gasteiger partial charge in [0.2, 0.25) is 5.89 Å². The Hall–Kier alpha value is -1.52. The number of hydrogen-bond acceptors (Lipinski definition) is 5. The fraction of sp³-hybridized carbons (Fsp3) is 0.600. The summed E-state index contributed by atoms with van der Waals surface area (Å²) in [6.45, 7) is -0.491. The Morgan fingerprint density at radius 2 is 2.29 bits per heavy atom. The van der Waals surface area contributed by atoms with E-state index in [2.05, 4.69) is 20.8 Å². The molecule has 94 valence electrons. The number of rotatable bonds is 7. The van der Waals surface area contributed by atoms with Crippen molar-refractivity contribution in [3.8, 4) is 12.3 Å². The zero-order valence-corrected chi connectivity index (χ0v) is 9.10. The molecule has 1 unspecified atom stereocenters. The van der Waals surface area contributed by atoms with Crippen LogP contribution in [0.5, 0.6) is 0 Å². The van der Waals surface area contributed by atoms with Crippen LogP contribution in [-0.2, 0) is 11.2 Å². The summed E-state index contributed by atoms with van der Waals surface area (Å²) in [4.78, 5) is 3.98. The second-order valence-corrected chi connectivity index (χ2v) is 3.28. The van der Waals surface area contributed by atoms with Gasteiger partial charge < -0.3 is 15.0 Å². The minimum Gasteiger partial charge on any atom is -0.375 e. The molecule has 1 heterocycles. The van der Waals surface area contributed by atoms with E-state index < -0.39 is 19.1 Å². The molecule has 1 rings (SSSR count). The van der Waals surface area contributed by atoms with Gasteiger partial charge >= 0.3 is 0 Å². The molecule has 5 nitrogen and oxygen atoms in total. The van der Waals surface area contributed by atoms with Crippen LogP contribution in [0.25, 0.3) is 0 Å². The summed E-state index contributed by atoms with van der Waals surface area (Å²) in [5.74, 6) is 2.98. The zero-order chi connectivity index (χ0) is 12.7. The van der Waals surface area contributed by atoms with Crippen LogP contribution in [-0.4, -0.2) is 29.8 Å². The molecule has 1 atom stereocenters. The van der Waals surface area contributed by atoms with Crippen molar-refractivity contribution in [1.29, 1.82) is 0 Å². The van der Waals surface area contributed by atoms with E-state index >= 15 is 0 Å². The topological polar surface area (TPSA) is 74.2 Å². The Kier molecular flexibility index (Phi) is 5.52. The van der Waals surface area contributed by atoms with Crippen molar-refractivity contribution in [2.45, 2.75) is 25.3 Å². The molecule has 17 heavy (non-hydrogen) atoms. The van der Waals surface area contributed by atoms with E-state index in [1.165, 1.54) is 0 Å². The van der Waals surface area contributed by atoms with Gasteiger partial charge in [0.1, 0.15) is 6.61 Å². The lowest BCUT2D eigenvalue weighted by Gasteiger charge is -2.00. The third kappa shape index (κ3) is 4.89.